The number of rotatable bonds is 8. The highest BCUT2D eigenvalue weighted by atomic mass is 16.5. The van der Waals surface area contributed by atoms with E-state index in [0.717, 1.165) is 43.6 Å². The van der Waals surface area contributed by atoms with Gasteiger partial charge in [-0.3, -0.25) is 0 Å². The van der Waals surface area contributed by atoms with Gasteiger partial charge in [-0.2, -0.15) is 0 Å². The topological polar surface area (TPSA) is 29.5 Å². The van der Waals surface area contributed by atoms with Gasteiger partial charge in [0.2, 0.25) is 0 Å². The van der Waals surface area contributed by atoms with Crippen molar-refractivity contribution in [1.82, 2.24) is 0 Å². The Morgan fingerprint density at radius 1 is 1.17 bits per heavy atom. The fourth-order valence-electron chi connectivity index (χ4n) is 1.99. The first-order chi connectivity index (χ1) is 8.71. The molecule has 2 nitrogen and oxygen atoms in total. The molecule has 0 saturated heterocycles. The first kappa shape index (κ1) is 15.0. The second-order valence-corrected chi connectivity index (χ2v) is 4.87. The average Bonchev–Trinajstić information content (AvgIpc) is 2.40. The van der Waals surface area contributed by atoms with Crippen LogP contribution in [0.5, 0.6) is 5.75 Å². The second kappa shape index (κ2) is 8.15. The highest BCUT2D eigenvalue weighted by Gasteiger charge is 2.08. The third kappa shape index (κ3) is 4.69. The first-order valence-electron chi connectivity index (χ1n) is 7.12. The standard InChI is InChI=1S/C16H26O2/c1-4-8-16(17)14-9-7-10-15(11-14)18-12-13(5-2)6-3/h7,9-11,13,16-17H,4-6,8,12H2,1-3H3. The molecule has 0 bridgehead atoms. The van der Waals surface area contributed by atoms with E-state index in [1.165, 1.54) is 0 Å². The Kier molecular flexibility index (Phi) is 6.81. The van der Waals surface area contributed by atoms with E-state index < -0.39 is 0 Å². The van der Waals surface area contributed by atoms with Crippen molar-refractivity contribution in [2.45, 2.75) is 52.6 Å². The summed E-state index contributed by atoms with van der Waals surface area (Å²) in [4.78, 5) is 0. The summed E-state index contributed by atoms with van der Waals surface area (Å²) < 4.78 is 5.81. The largest absolute Gasteiger partial charge is 0.493 e. The maximum Gasteiger partial charge on any atom is 0.119 e. The van der Waals surface area contributed by atoms with Crippen LogP contribution in [-0.4, -0.2) is 11.7 Å². The summed E-state index contributed by atoms with van der Waals surface area (Å²) in [6.45, 7) is 7.23. The van der Waals surface area contributed by atoms with Gasteiger partial charge in [0, 0.05) is 0 Å². The molecule has 0 amide bonds. The molecule has 1 unspecified atom stereocenters. The first-order valence-corrected chi connectivity index (χ1v) is 7.12. The smallest absolute Gasteiger partial charge is 0.119 e. The Morgan fingerprint density at radius 2 is 1.89 bits per heavy atom. The van der Waals surface area contributed by atoms with Crippen LogP contribution in [0.3, 0.4) is 0 Å². The minimum atomic E-state index is -0.369. The molecule has 0 radical (unpaired) electrons. The molecule has 1 aromatic rings. The average molecular weight is 250 g/mol. The number of hydrogen-bond acceptors (Lipinski definition) is 2. The van der Waals surface area contributed by atoms with Gasteiger partial charge in [-0.25, -0.2) is 0 Å². The highest BCUT2D eigenvalue weighted by molar-refractivity contribution is 5.29. The summed E-state index contributed by atoms with van der Waals surface area (Å²) in [6, 6.07) is 7.84. The lowest BCUT2D eigenvalue weighted by Gasteiger charge is -2.15. The van der Waals surface area contributed by atoms with E-state index in [4.69, 9.17) is 4.74 Å². The van der Waals surface area contributed by atoms with Gasteiger partial charge in [0.1, 0.15) is 5.75 Å². The Bertz CT molecular complexity index is 332. The number of ether oxygens (including phenoxy) is 1. The van der Waals surface area contributed by atoms with E-state index in [1.54, 1.807) is 0 Å². The zero-order valence-corrected chi connectivity index (χ0v) is 11.9. The monoisotopic (exact) mass is 250 g/mol. The van der Waals surface area contributed by atoms with E-state index >= 15 is 0 Å². The van der Waals surface area contributed by atoms with Crippen LogP contribution in [-0.2, 0) is 0 Å². The third-order valence-corrected chi connectivity index (χ3v) is 3.45. The van der Waals surface area contributed by atoms with Crippen molar-refractivity contribution in [3.63, 3.8) is 0 Å². The number of hydrogen-bond donors (Lipinski definition) is 1. The molecular formula is C16H26O2. The maximum absolute atomic E-state index is 9.96. The molecule has 18 heavy (non-hydrogen) atoms. The molecule has 1 atom stereocenters. The Labute approximate surface area is 111 Å². The fourth-order valence-corrected chi connectivity index (χ4v) is 1.99. The van der Waals surface area contributed by atoms with Crippen molar-refractivity contribution in [3.05, 3.63) is 29.8 Å². The van der Waals surface area contributed by atoms with E-state index in [2.05, 4.69) is 20.8 Å². The van der Waals surface area contributed by atoms with Gasteiger partial charge in [0.15, 0.2) is 0 Å². The van der Waals surface area contributed by atoms with Crippen molar-refractivity contribution >= 4 is 0 Å². The van der Waals surface area contributed by atoms with Gasteiger partial charge < -0.3 is 9.84 Å². The summed E-state index contributed by atoms with van der Waals surface area (Å²) >= 11 is 0. The Balaban J connectivity index is 2.59. The molecule has 0 heterocycles. The highest BCUT2D eigenvalue weighted by Crippen LogP contribution is 2.23. The molecule has 102 valence electrons. The van der Waals surface area contributed by atoms with Crippen LogP contribution in [0.1, 0.15) is 58.1 Å². The maximum atomic E-state index is 9.96. The van der Waals surface area contributed by atoms with Crippen molar-refractivity contribution in [2.24, 2.45) is 5.92 Å². The lowest BCUT2D eigenvalue weighted by Crippen LogP contribution is -2.10. The van der Waals surface area contributed by atoms with E-state index in [-0.39, 0.29) is 6.10 Å². The molecule has 0 aromatic heterocycles. The molecule has 1 N–H and O–H groups in total. The van der Waals surface area contributed by atoms with Gasteiger partial charge in [0.25, 0.3) is 0 Å². The Morgan fingerprint density at radius 3 is 2.50 bits per heavy atom. The fraction of sp³-hybridized carbons (Fsp3) is 0.625. The molecule has 0 aliphatic rings. The van der Waals surface area contributed by atoms with Gasteiger partial charge in [-0.15, -0.1) is 0 Å². The van der Waals surface area contributed by atoms with Gasteiger partial charge >= 0.3 is 0 Å². The minimum Gasteiger partial charge on any atom is -0.493 e. The SMILES string of the molecule is CCCC(O)c1cccc(OCC(CC)CC)c1. The second-order valence-electron chi connectivity index (χ2n) is 4.87. The molecule has 1 aromatic carbocycles. The van der Waals surface area contributed by atoms with E-state index in [9.17, 15) is 5.11 Å². The van der Waals surface area contributed by atoms with Crippen LogP contribution in [0, 0.1) is 5.92 Å². The van der Waals surface area contributed by atoms with Crippen LogP contribution < -0.4 is 4.74 Å². The van der Waals surface area contributed by atoms with E-state index in [0.29, 0.717) is 5.92 Å². The minimum absolute atomic E-state index is 0.369. The van der Waals surface area contributed by atoms with Crippen LogP contribution in [0.15, 0.2) is 24.3 Å². The molecule has 2 heteroatoms. The van der Waals surface area contributed by atoms with Crippen LogP contribution in [0.4, 0.5) is 0 Å². The number of aliphatic hydroxyl groups excluding tert-OH is 1. The van der Waals surface area contributed by atoms with Gasteiger partial charge in [-0.1, -0.05) is 52.2 Å². The summed E-state index contributed by atoms with van der Waals surface area (Å²) in [5, 5.41) is 9.96. The molecule has 0 aliphatic heterocycles. The molecule has 0 spiro atoms. The lowest BCUT2D eigenvalue weighted by atomic mass is 10.0. The van der Waals surface area contributed by atoms with Crippen LogP contribution in [0.2, 0.25) is 0 Å². The van der Waals surface area contributed by atoms with Crippen LogP contribution >= 0.6 is 0 Å². The summed E-state index contributed by atoms with van der Waals surface area (Å²) in [6.07, 6.45) is 3.71. The molecule has 0 saturated carbocycles. The number of aliphatic hydroxyl groups is 1. The van der Waals surface area contributed by atoms with Gasteiger partial charge in [-0.05, 0) is 30.0 Å². The van der Waals surface area contributed by atoms with Crippen LogP contribution in [0.25, 0.3) is 0 Å². The molecular weight excluding hydrogens is 224 g/mol. The summed E-state index contributed by atoms with van der Waals surface area (Å²) in [5.74, 6) is 1.49. The van der Waals surface area contributed by atoms with Crippen molar-refractivity contribution in [2.75, 3.05) is 6.61 Å². The zero-order chi connectivity index (χ0) is 13.4. The molecule has 1 rings (SSSR count). The normalized spacial score (nSPS) is 12.7. The predicted octanol–water partition coefficient (Wildman–Crippen LogP) is 4.34. The van der Waals surface area contributed by atoms with Crippen molar-refractivity contribution in [1.29, 1.82) is 0 Å². The zero-order valence-electron chi connectivity index (χ0n) is 11.9. The predicted molar refractivity (Wildman–Crippen MR) is 75.9 cm³/mol. The van der Waals surface area contributed by atoms with E-state index in [1.807, 2.05) is 24.3 Å². The molecule has 0 aliphatic carbocycles. The molecule has 0 fully saturated rings. The van der Waals surface area contributed by atoms with Crippen molar-refractivity contribution in [3.8, 4) is 5.75 Å². The Hall–Kier alpha value is -1.02. The quantitative estimate of drug-likeness (QED) is 0.744. The number of benzene rings is 1. The lowest BCUT2D eigenvalue weighted by molar-refractivity contribution is 0.165. The van der Waals surface area contributed by atoms with Crippen molar-refractivity contribution < 1.29 is 9.84 Å². The summed E-state index contributed by atoms with van der Waals surface area (Å²) in [5.41, 5.74) is 0.957. The van der Waals surface area contributed by atoms with Gasteiger partial charge in [0.05, 0.1) is 12.7 Å². The third-order valence-electron chi connectivity index (χ3n) is 3.45. The summed E-state index contributed by atoms with van der Waals surface area (Å²) in [7, 11) is 0.